The Bertz CT molecular complexity index is 628. The number of aromatic nitrogens is 1. The standard InChI is InChI=1S/C20H26N2O/c1-3-8-15(9-4-1)14-21-20-19-17(16-10-5-2-6-11-16)12-7-13-18(19)22-23-20/h2,5-6,10-11,15,17,21H,1,3-4,7-9,12-14H2. The van der Waals surface area contributed by atoms with Crippen LogP contribution in [0.1, 0.15) is 67.7 Å². The molecule has 0 bridgehead atoms. The van der Waals surface area contributed by atoms with Crippen molar-refractivity contribution in [3.05, 3.63) is 47.2 Å². The van der Waals surface area contributed by atoms with Crippen LogP contribution in [0.4, 0.5) is 5.88 Å². The zero-order valence-corrected chi connectivity index (χ0v) is 13.8. The fraction of sp³-hybridized carbons (Fsp3) is 0.550. The van der Waals surface area contributed by atoms with Crippen LogP contribution in [0.3, 0.4) is 0 Å². The minimum atomic E-state index is 0.431. The van der Waals surface area contributed by atoms with Crippen LogP contribution in [0.15, 0.2) is 34.9 Å². The second kappa shape index (κ2) is 6.77. The maximum Gasteiger partial charge on any atom is 0.228 e. The minimum absolute atomic E-state index is 0.431. The van der Waals surface area contributed by atoms with Crippen molar-refractivity contribution >= 4 is 5.88 Å². The Morgan fingerprint density at radius 1 is 1.00 bits per heavy atom. The predicted octanol–water partition coefficient (Wildman–Crippen LogP) is 5.14. The van der Waals surface area contributed by atoms with Crippen molar-refractivity contribution < 1.29 is 4.52 Å². The molecule has 1 fully saturated rings. The van der Waals surface area contributed by atoms with Gasteiger partial charge in [-0.25, -0.2) is 0 Å². The molecular weight excluding hydrogens is 284 g/mol. The summed E-state index contributed by atoms with van der Waals surface area (Å²) < 4.78 is 5.70. The molecule has 122 valence electrons. The maximum absolute atomic E-state index is 5.70. The summed E-state index contributed by atoms with van der Waals surface area (Å²) in [5.41, 5.74) is 3.87. The molecular formula is C20H26N2O. The first-order valence-corrected chi connectivity index (χ1v) is 9.19. The molecule has 0 amide bonds. The second-order valence-electron chi connectivity index (χ2n) is 7.11. The van der Waals surface area contributed by atoms with E-state index in [9.17, 15) is 0 Å². The summed E-state index contributed by atoms with van der Waals surface area (Å²) in [5, 5.41) is 7.95. The molecule has 1 N–H and O–H groups in total. The fourth-order valence-corrected chi connectivity index (χ4v) is 4.26. The number of hydrogen-bond acceptors (Lipinski definition) is 3. The van der Waals surface area contributed by atoms with Crippen molar-refractivity contribution in [2.24, 2.45) is 5.92 Å². The molecule has 23 heavy (non-hydrogen) atoms. The SMILES string of the molecule is c1ccc(C2CCCc3noc(NCC4CCCCC4)c32)cc1. The van der Waals surface area contributed by atoms with E-state index in [1.54, 1.807) is 0 Å². The van der Waals surface area contributed by atoms with Crippen LogP contribution in [0.5, 0.6) is 0 Å². The number of fused-ring (bicyclic) bond motifs is 1. The van der Waals surface area contributed by atoms with Crippen molar-refractivity contribution in [1.29, 1.82) is 0 Å². The van der Waals surface area contributed by atoms with Crippen LogP contribution in [-0.2, 0) is 6.42 Å². The maximum atomic E-state index is 5.70. The van der Waals surface area contributed by atoms with Gasteiger partial charge in [-0.05, 0) is 43.6 Å². The first-order valence-electron chi connectivity index (χ1n) is 9.19. The van der Waals surface area contributed by atoms with Crippen LogP contribution in [0.2, 0.25) is 0 Å². The lowest BCUT2D eigenvalue weighted by atomic mass is 9.81. The highest BCUT2D eigenvalue weighted by atomic mass is 16.5. The summed E-state index contributed by atoms with van der Waals surface area (Å²) in [7, 11) is 0. The summed E-state index contributed by atoms with van der Waals surface area (Å²) in [6.45, 7) is 1.03. The van der Waals surface area contributed by atoms with Gasteiger partial charge in [0, 0.05) is 18.0 Å². The molecule has 1 unspecified atom stereocenters. The molecule has 1 heterocycles. The number of nitrogens with zero attached hydrogens (tertiary/aromatic N) is 1. The van der Waals surface area contributed by atoms with Gasteiger partial charge in [-0.3, -0.25) is 0 Å². The van der Waals surface area contributed by atoms with E-state index in [1.165, 1.54) is 56.1 Å². The number of benzene rings is 1. The van der Waals surface area contributed by atoms with Crippen molar-refractivity contribution in [3.8, 4) is 0 Å². The van der Waals surface area contributed by atoms with Crippen molar-refractivity contribution in [3.63, 3.8) is 0 Å². The summed E-state index contributed by atoms with van der Waals surface area (Å²) in [6, 6.07) is 10.8. The van der Waals surface area contributed by atoms with Gasteiger partial charge in [0.15, 0.2) is 0 Å². The van der Waals surface area contributed by atoms with E-state index in [-0.39, 0.29) is 0 Å². The molecule has 3 nitrogen and oxygen atoms in total. The first kappa shape index (κ1) is 14.8. The van der Waals surface area contributed by atoms with Crippen molar-refractivity contribution in [2.75, 3.05) is 11.9 Å². The van der Waals surface area contributed by atoms with E-state index in [1.807, 2.05) is 0 Å². The summed E-state index contributed by atoms with van der Waals surface area (Å²) in [4.78, 5) is 0. The lowest BCUT2D eigenvalue weighted by Crippen LogP contribution is -2.18. The molecule has 0 aliphatic heterocycles. The van der Waals surface area contributed by atoms with Crippen molar-refractivity contribution in [2.45, 2.75) is 57.3 Å². The lowest BCUT2D eigenvalue weighted by molar-refractivity contribution is 0.366. The van der Waals surface area contributed by atoms with Crippen LogP contribution < -0.4 is 5.32 Å². The molecule has 2 aliphatic rings. The van der Waals surface area contributed by atoms with Gasteiger partial charge in [-0.2, -0.15) is 0 Å². The Labute approximate surface area is 138 Å². The van der Waals surface area contributed by atoms with Gasteiger partial charge in [0.1, 0.15) is 0 Å². The monoisotopic (exact) mass is 310 g/mol. The van der Waals surface area contributed by atoms with E-state index >= 15 is 0 Å². The number of anilines is 1. The third-order valence-corrected chi connectivity index (χ3v) is 5.54. The van der Waals surface area contributed by atoms with Crippen LogP contribution in [0, 0.1) is 5.92 Å². The van der Waals surface area contributed by atoms with E-state index < -0.39 is 0 Å². The molecule has 0 saturated heterocycles. The molecule has 1 aromatic carbocycles. The molecule has 4 rings (SSSR count). The van der Waals surface area contributed by atoms with Gasteiger partial charge < -0.3 is 9.84 Å². The molecule has 0 spiro atoms. The predicted molar refractivity (Wildman–Crippen MR) is 92.8 cm³/mol. The topological polar surface area (TPSA) is 38.1 Å². The van der Waals surface area contributed by atoms with Gasteiger partial charge in [-0.15, -0.1) is 0 Å². The lowest BCUT2D eigenvalue weighted by Gasteiger charge is -2.24. The van der Waals surface area contributed by atoms with E-state index in [4.69, 9.17) is 4.52 Å². The smallest absolute Gasteiger partial charge is 0.228 e. The Morgan fingerprint density at radius 2 is 1.83 bits per heavy atom. The third-order valence-electron chi connectivity index (χ3n) is 5.54. The van der Waals surface area contributed by atoms with Crippen LogP contribution in [0.25, 0.3) is 0 Å². The van der Waals surface area contributed by atoms with Gasteiger partial charge >= 0.3 is 0 Å². The fourth-order valence-electron chi connectivity index (χ4n) is 4.26. The summed E-state index contributed by atoms with van der Waals surface area (Å²) in [6.07, 6.45) is 10.3. The second-order valence-corrected chi connectivity index (χ2v) is 7.11. The van der Waals surface area contributed by atoms with Gasteiger partial charge in [0.25, 0.3) is 0 Å². The zero-order valence-electron chi connectivity index (χ0n) is 13.8. The molecule has 2 aliphatic carbocycles. The van der Waals surface area contributed by atoms with E-state index in [0.29, 0.717) is 5.92 Å². The summed E-state index contributed by atoms with van der Waals surface area (Å²) >= 11 is 0. The molecule has 1 atom stereocenters. The Kier molecular flexibility index (Phi) is 4.36. The Balaban J connectivity index is 1.54. The van der Waals surface area contributed by atoms with Gasteiger partial charge in [0.2, 0.25) is 5.88 Å². The van der Waals surface area contributed by atoms with Crippen LogP contribution >= 0.6 is 0 Å². The van der Waals surface area contributed by atoms with Gasteiger partial charge in [0.05, 0.1) is 5.69 Å². The minimum Gasteiger partial charge on any atom is -0.353 e. The van der Waals surface area contributed by atoms with E-state index in [2.05, 4.69) is 40.8 Å². The van der Waals surface area contributed by atoms with E-state index in [0.717, 1.165) is 30.5 Å². The quantitative estimate of drug-likeness (QED) is 0.850. The Morgan fingerprint density at radius 3 is 2.65 bits per heavy atom. The van der Waals surface area contributed by atoms with Gasteiger partial charge in [-0.1, -0.05) is 54.8 Å². The highest BCUT2D eigenvalue weighted by molar-refractivity contribution is 5.51. The molecule has 3 heteroatoms. The normalized spacial score (nSPS) is 21.8. The number of aryl methyl sites for hydroxylation is 1. The molecule has 2 aromatic rings. The highest BCUT2D eigenvalue weighted by Gasteiger charge is 2.29. The molecule has 1 saturated carbocycles. The zero-order chi connectivity index (χ0) is 15.5. The average molecular weight is 310 g/mol. The van der Waals surface area contributed by atoms with Crippen LogP contribution in [-0.4, -0.2) is 11.7 Å². The highest BCUT2D eigenvalue weighted by Crippen LogP contribution is 2.41. The number of nitrogens with one attached hydrogen (secondary N) is 1. The Hall–Kier alpha value is -1.77. The van der Waals surface area contributed by atoms with Crippen molar-refractivity contribution in [1.82, 2.24) is 5.16 Å². The number of hydrogen-bond donors (Lipinski definition) is 1. The molecule has 1 aromatic heterocycles. The molecule has 0 radical (unpaired) electrons. The number of rotatable bonds is 4. The average Bonchev–Trinajstić information content (AvgIpc) is 3.05. The third kappa shape index (κ3) is 3.15. The largest absolute Gasteiger partial charge is 0.353 e. The summed E-state index contributed by atoms with van der Waals surface area (Å²) in [5.74, 6) is 2.16. The first-order chi connectivity index (χ1) is 11.4.